The number of rotatable bonds is 5. The Morgan fingerprint density at radius 3 is 2.34 bits per heavy atom. The molecule has 4 aromatic rings. The number of piperidine rings is 1. The third kappa shape index (κ3) is 3.81. The number of hydrogen-bond acceptors (Lipinski definition) is 5. The third-order valence-corrected chi connectivity index (χ3v) is 9.54. The lowest BCUT2D eigenvalue weighted by Crippen LogP contribution is -2.38. The Bertz CT molecular complexity index is 1600. The van der Waals surface area contributed by atoms with Crippen molar-refractivity contribution in [2.24, 2.45) is 14.1 Å². The van der Waals surface area contributed by atoms with Crippen LogP contribution in [0, 0.1) is 0 Å². The van der Waals surface area contributed by atoms with Crippen molar-refractivity contribution < 1.29 is 8.42 Å². The van der Waals surface area contributed by atoms with E-state index in [1.54, 1.807) is 22.4 Å². The summed E-state index contributed by atoms with van der Waals surface area (Å²) in [5.41, 5.74) is 7.31. The fourth-order valence-corrected chi connectivity index (χ4v) is 6.77. The minimum atomic E-state index is -2.95. The first-order chi connectivity index (χ1) is 16.7. The first-order valence-corrected chi connectivity index (χ1v) is 14.2. The molecule has 1 aliphatic heterocycles. The molecule has 2 fully saturated rings. The van der Waals surface area contributed by atoms with E-state index in [0.29, 0.717) is 18.8 Å². The molecule has 3 aromatic heterocycles. The Balaban J connectivity index is 1.32. The number of nitrogens with zero attached hydrogens (tertiary/aromatic N) is 4. The van der Waals surface area contributed by atoms with E-state index in [2.05, 4.69) is 39.1 Å². The number of aromatic nitrogens is 4. The van der Waals surface area contributed by atoms with Gasteiger partial charge in [-0.3, -0.25) is 14.0 Å². The fraction of sp³-hybridized carbons (Fsp3) is 0.462. The number of fused-ring (bicyclic) bond motifs is 3. The molecule has 9 heteroatoms. The molecule has 0 bridgehead atoms. The number of imidazole rings is 1. The molecule has 0 radical (unpaired) electrons. The van der Waals surface area contributed by atoms with Crippen LogP contribution < -0.4 is 5.69 Å². The maximum atomic E-state index is 12.6. The van der Waals surface area contributed by atoms with Gasteiger partial charge in [0.15, 0.2) is 0 Å². The van der Waals surface area contributed by atoms with Gasteiger partial charge in [-0.25, -0.2) is 18.2 Å². The zero-order chi connectivity index (χ0) is 24.5. The van der Waals surface area contributed by atoms with Gasteiger partial charge in [0.25, 0.3) is 0 Å². The average Bonchev–Trinajstić information content (AvgIpc) is 3.57. The van der Waals surface area contributed by atoms with Crippen LogP contribution in [-0.2, 0) is 30.5 Å². The maximum absolute atomic E-state index is 12.6. The number of H-pyrrole nitrogens is 1. The van der Waals surface area contributed by atoms with Crippen LogP contribution in [0.5, 0.6) is 0 Å². The molecular weight excluding hydrogens is 462 g/mol. The summed E-state index contributed by atoms with van der Waals surface area (Å²) < 4.78 is 27.1. The van der Waals surface area contributed by atoms with Gasteiger partial charge in [-0.15, -0.1) is 0 Å². The monoisotopic (exact) mass is 493 g/mol. The number of benzene rings is 1. The lowest BCUT2D eigenvalue weighted by molar-refractivity contribution is 0.222. The van der Waals surface area contributed by atoms with Crippen LogP contribution in [0.25, 0.3) is 33.3 Å². The Hall–Kier alpha value is -2.91. The Morgan fingerprint density at radius 2 is 1.71 bits per heavy atom. The Morgan fingerprint density at radius 1 is 1.03 bits per heavy atom. The highest BCUT2D eigenvalue weighted by molar-refractivity contribution is 7.91. The molecule has 2 aliphatic rings. The van der Waals surface area contributed by atoms with Crippen LogP contribution in [0.2, 0.25) is 0 Å². The number of pyridine rings is 1. The largest absolute Gasteiger partial charge is 0.339 e. The zero-order valence-corrected chi connectivity index (χ0v) is 21.2. The second-order valence-corrected chi connectivity index (χ2v) is 12.6. The number of sulfone groups is 1. The summed E-state index contributed by atoms with van der Waals surface area (Å²) in [5.74, 6) is 0.484. The van der Waals surface area contributed by atoms with E-state index < -0.39 is 9.84 Å². The van der Waals surface area contributed by atoms with Gasteiger partial charge >= 0.3 is 5.69 Å². The summed E-state index contributed by atoms with van der Waals surface area (Å²) in [6, 6.07) is 8.66. The van der Waals surface area contributed by atoms with E-state index in [1.807, 2.05) is 7.05 Å². The molecule has 1 aromatic carbocycles. The van der Waals surface area contributed by atoms with Crippen molar-refractivity contribution in [1.29, 1.82) is 0 Å². The fourth-order valence-electron chi connectivity index (χ4n) is 5.70. The van der Waals surface area contributed by atoms with E-state index in [-0.39, 0.29) is 10.9 Å². The van der Waals surface area contributed by atoms with Crippen molar-refractivity contribution in [3.05, 3.63) is 52.1 Å². The van der Waals surface area contributed by atoms with E-state index >= 15 is 0 Å². The van der Waals surface area contributed by atoms with E-state index in [4.69, 9.17) is 0 Å². The quantitative estimate of drug-likeness (QED) is 0.461. The standard InChI is InChI=1S/C26H31N5O3S/c1-29-20-14-27-25-22(24(20)30(2)26(29)32)21(17-8-9-17)23(28-25)18-6-4-16(5-7-18)15-31-12-10-19(11-13-31)35(3,33)34/h4-7,14,17,19H,8-13,15H2,1-3H3,(H,27,28). The summed E-state index contributed by atoms with van der Waals surface area (Å²) in [6.45, 7) is 2.45. The summed E-state index contributed by atoms with van der Waals surface area (Å²) in [4.78, 5) is 23.2. The summed E-state index contributed by atoms with van der Waals surface area (Å²) in [6.07, 6.45) is 6.85. The van der Waals surface area contributed by atoms with Crippen LogP contribution in [0.1, 0.15) is 42.7 Å². The van der Waals surface area contributed by atoms with Crippen LogP contribution in [0.15, 0.2) is 35.3 Å². The lowest BCUT2D eigenvalue weighted by Gasteiger charge is -2.31. The first kappa shape index (κ1) is 22.5. The second-order valence-electron chi connectivity index (χ2n) is 10.3. The molecule has 1 saturated heterocycles. The minimum absolute atomic E-state index is 0.0382. The highest BCUT2D eigenvalue weighted by atomic mass is 32.2. The molecule has 0 amide bonds. The molecule has 1 N–H and O–H groups in total. The van der Waals surface area contributed by atoms with Gasteiger partial charge in [0.05, 0.1) is 28.2 Å². The van der Waals surface area contributed by atoms with E-state index in [9.17, 15) is 13.2 Å². The highest BCUT2D eigenvalue weighted by Crippen LogP contribution is 2.48. The number of likely N-dealkylation sites (tertiary alicyclic amines) is 1. The van der Waals surface area contributed by atoms with Crippen molar-refractivity contribution in [3.63, 3.8) is 0 Å². The maximum Gasteiger partial charge on any atom is 0.328 e. The topological polar surface area (TPSA) is 93.0 Å². The van der Waals surface area contributed by atoms with Crippen molar-refractivity contribution >= 4 is 31.9 Å². The molecule has 184 valence electrons. The molecule has 1 saturated carbocycles. The number of aromatic amines is 1. The number of nitrogens with one attached hydrogen (secondary N) is 1. The normalized spacial score (nSPS) is 18.1. The molecule has 0 unspecified atom stereocenters. The number of hydrogen-bond donors (Lipinski definition) is 1. The molecular formula is C26H31N5O3S. The molecule has 8 nitrogen and oxygen atoms in total. The highest BCUT2D eigenvalue weighted by Gasteiger charge is 2.32. The van der Waals surface area contributed by atoms with Crippen molar-refractivity contribution in [3.8, 4) is 11.3 Å². The van der Waals surface area contributed by atoms with E-state index in [1.165, 1.54) is 17.4 Å². The SMILES string of the molecule is Cn1c(=O)n(C)c2c3c(C4CC4)c(-c4ccc(CN5CCC(S(C)(=O)=O)CC5)cc4)[nH]c3ncc21. The molecule has 6 rings (SSSR count). The minimum Gasteiger partial charge on any atom is -0.339 e. The van der Waals surface area contributed by atoms with Gasteiger partial charge in [0.2, 0.25) is 0 Å². The lowest BCUT2D eigenvalue weighted by atomic mass is 10.00. The summed E-state index contributed by atoms with van der Waals surface area (Å²) >= 11 is 0. The second kappa shape index (κ2) is 8.06. The van der Waals surface area contributed by atoms with Gasteiger partial charge in [0, 0.05) is 32.3 Å². The van der Waals surface area contributed by atoms with Crippen molar-refractivity contribution in [2.45, 2.75) is 43.4 Å². The zero-order valence-electron chi connectivity index (χ0n) is 20.4. The summed E-state index contributed by atoms with van der Waals surface area (Å²) in [5, 5.41) is 0.867. The first-order valence-electron chi connectivity index (χ1n) is 12.3. The van der Waals surface area contributed by atoms with Crippen LogP contribution in [-0.4, -0.2) is 57.0 Å². The molecule has 0 atom stereocenters. The Kier molecular flexibility index (Phi) is 5.19. The predicted molar refractivity (Wildman–Crippen MR) is 138 cm³/mol. The van der Waals surface area contributed by atoms with Gasteiger partial charge in [-0.1, -0.05) is 24.3 Å². The average molecular weight is 494 g/mol. The molecule has 4 heterocycles. The molecule has 0 spiro atoms. The number of aryl methyl sites for hydroxylation is 2. The summed E-state index contributed by atoms with van der Waals surface area (Å²) in [7, 11) is 0.682. The smallest absolute Gasteiger partial charge is 0.328 e. The van der Waals surface area contributed by atoms with Crippen molar-refractivity contribution in [2.75, 3.05) is 19.3 Å². The van der Waals surface area contributed by atoms with Gasteiger partial charge in [-0.05, 0) is 61.4 Å². The van der Waals surface area contributed by atoms with Crippen LogP contribution in [0.3, 0.4) is 0 Å². The van der Waals surface area contributed by atoms with Crippen LogP contribution in [0.4, 0.5) is 0 Å². The third-order valence-electron chi connectivity index (χ3n) is 7.86. The molecule has 35 heavy (non-hydrogen) atoms. The Labute approximate surface area is 204 Å². The van der Waals surface area contributed by atoms with E-state index in [0.717, 1.165) is 65.8 Å². The van der Waals surface area contributed by atoms with Gasteiger partial charge in [-0.2, -0.15) is 0 Å². The van der Waals surface area contributed by atoms with Gasteiger partial charge in [0.1, 0.15) is 15.5 Å². The molecule has 1 aliphatic carbocycles. The van der Waals surface area contributed by atoms with Crippen molar-refractivity contribution in [1.82, 2.24) is 24.0 Å². The van der Waals surface area contributed by atoms with Gasteiger partial charge < -0.3 is 4.98 Å². The predicted octanol–water partition coefficient (Wildman–Crippen LogP) is 3.31. The van der Waals surface area contributed by atoms with Crippen LogP contribution >= 0.6 is 0 Å².